The highest BCUT2D eigenvalue weighted by Gasteiger charge is 2.19. The molecule has 0 bridgehead atoms. The molecule has 5 nitrogen and oxygen atoms in total. The first-order valence-electron chi connectivity index (χ1n) is 5.04. The molecule has 1 rings (SSSR count). The Morgan fingerprint density at radius 2 is 2.12 bits per heavy atom. The van der Waals surface area contributed by atoms with Crippen LogP contribution in [0.2, 0.25) is 0 Å². The third kappa shape index (κ3) is 3.03. The van der Waals surface area contributed by atoms with Gasteiger partial charge < -0.3 is 15.3 Å². The van der Waals surface area contributed by atoms with Gasteiger partial charge in [-0.05, 0) is 24.1 Å². The van der Waals surface area contributed by atoms with Crippen LogP contribution in [-0.4, -0.2) is 27.4 Å². The minimum atomic E-state index is -1.26. The second kappa shape index (κ2) is 5.43. The number of aromatic carboxylic acids is 1. The highest BCUT2D eigenvalue weighted by molar-refractivity contribution is 5.89. The fourth-order valence-electron chi connectivity index (χ4n) is 1.48. The van der Waals surface area contributed by atoms with Gasteiger partial charge in [0.05, 0.1) is 24.2 Å². The van der Waals surface area contributed by atoms with Crippen LogP contribution in [0.15, 0.2) is 18.2 Å². The zero-order valence-corrected chi connectivity index (χ0v) is 9.29. The molecule has 1 aromatic carbocycles. The van der Waals surface area contributed by atoms with E-state index in [9.17, 15) is 15.0 Å². The summed E-state index contributed by atoms with van der Waals surface area (Å²) in [6, 6.07) is 6.14. The van der Waals surface area contributed by atoms with E-state index in [1.54, 1.807) is 19.1 Å². The molecule has 0 heterocycles. The molecule has 90 valence electrons. The highest BCUT2D eigenvalue weighted by Crippen LogP contribution is 2.21. The Kier molecular flexibility index (Phi) is 4.21. The van der Waals surface area contributed by atoms with Crippen molar-refractivity contribution >= 4 is 5.97 Å². The second-order valence-corrected chi connectivity index (χ2v) is 3.75. The van der Waals surface area contributed by atoms with Crippen LogP contribution in [-0.2, 0) is 0 Å². The smallest absolute Gasteiger partial charge is 0.335 e. The van der Waals surface area contributed by atoms with E-state index < -0.39 is 18.2 Å². The maximum atomic E-state index is 10.9. The molecule has 17 heavy (non-hydrogen) atoms. The SMILES string of the molecule is Cc1ccc(C(O)C(O)CC#N)cc1C(=O)O. The molecule has 0 aliphatic heterocycles. The van der Waals surface area contributed by atoms with Crippen LogP contribution in [0.1, 0.15) is 34.0 Å². The van der Waals surface area contributed by atoms with Gasteiger partial charge in [-0.3, -0.25) is 0 Å². The first-order valence-corrected chi connectivity index (χ1v) is 5.04. The van der Waals surface area contributed by atoms with E-state index in [1.165, 1.54) is 12.1 Å². The third-order valence-electron chi connectivity index (χ3n) is 2.50. The van der Waals surface area contributed by atoms with Gasteiger partial charge in [-0.2, -0.15) is 5.26 Å². The summed E-state index contributed by atoms with van der Waals surface area (Å²) in [5, 5.41) is 36.5. The minimum absolute atomic E-state index is 0.0747. The number of carboxylic acid groups (broad SMARTS) is 1. The van der Waals surface area contributed by atoms with E-state index in [2.05, 4.69) is 0 Å². The maximum Gasteiger partial charge on any atom is 0.335 e. The lowest BCUT2D eigenvalue weighted by atomic mass is 9.98. The van der Waals surface area contributed by atoms with E-state index in [0.717, 1.165) is 0 Å². The van der Waals surface area contributed by atoms with Crippen LogP contribution in [0.25, 0.3) is 0 Å². The highest BCUT2D eigenvalue weighted by atomic mass is 16.4. The topological polar surface area (TPSA) is 102 Å². The van der Waals surface area contributed by atoms with Gasteiger partial charge in [0.1, 0.15) is 6.10 Å². The number of carboxylic acids is 1. The fourth-order valence-corrected chi connectivity index (χ4v) is 1.48. The number of carbonyl (C=O) groups is 1. The van der Waals surface area contributed by atoms with E-state index >= 15 is 0 Å². The summed E-state index contributed by atoms with van der Waals surface area (Å²) in [6.07, 6.45) is -2.69. The number of aryl methyl sites for hydroxylation is 1. The zero-order valence-electron chi connectivity index (χ0n) is 9.29. The summed E-state index contributed by atoms with van der Waals surface area (Å²) in [4.78, 5) is 10.9. The predicted octanol–water partition coefficient (Wildman–Crippen LogP) is 1.00. The molecule has 0 saturated carbocycles. The Hall–Kier alpha value is -1.90. The minimum Gasteiger partial charge on any atom is -0.478 e. The standard InChI is InChI=1S/C12H13NO4/c1-7-2-3-8(6-9(7)12(16)17)11(15)10(14)4-5-13/h2-3,6,10-11,14-15H,4H2,1H3,(H,16,17). The Morgan fingerprint density at radius 3 is 2.65 bits per heavy atom. The monoisotopic (exact) mass is 235 g/mol. The summed E-state index contributed by atoms with van der Waals surface area (Å²) in [5.74, 6) is -1.09. The summed E-state index contributed by atoms with van der Waals surface area (Å²) in [7, 11) is 0. The van der Waals surface area contributed by atoms with Gasteiger partial charge in [-0.15, -0.1) is 0 Å². The summed E-state index contributed by atoms with van der Waals surface area (Å²) < 4.78 is 0. The zero-order chi connectivity index (χ0) is 13.0. The van der Waals surface area contributed by atoms with Gasteiger partial charge in [0.25, 0.3) is 0 Å². The summed E-state index contributed by atoms with van der Waals surface area (Å²) in [6.45, 7) is 1.64. The molecule has 0 amide bonds. The first-order chi connectivity index (χ1) is 7.97. The van der Waals surface area contributed by atoms with Gasteiger partial charge in [0, 0.05) is 0 Å². The molecule has 0 fully saturated rings. The van der Waals surface area contributed by atoms with E-state index in [-0.39, 0.29) is 17.5 Å². The number of aliphatic hydroxyl groups is 2. The predicted molar refractivity (Wildman–Crippen MR) is 59.3 cm³/mol. The molecule has 5 heteroatoms. The average Bonchev–Trinajstić information content (AvgIpc) is 2.28. The van der Waals surface area contributed by atoms with Crippen LogP contribution >= 0.6 is 0 Å². The molecule has 3 N–H and O–H groups in total. The third-order valence-corrected chi connectivity index (χ3v) is 2.50. The fraction of sp³-hybridized carbons (Fsp3) is 0.333. The molecule has 0 saturated heterocycles. The molecule has 0 aromatic heterocycles. The van der Waals surface area contributed by atoms with Gasteiger partial charge in [0.15, 0.2) is 0 Å². The maximum absolute atomic E-state index is 10.9. The van der Waals surface area contributed by atoms with Crippen molar-refractivity contribution in [3.05, 3.63) is 34.9 Å². The Bertz CT molecular complexity index is 464. The molecule has 2 unspecified atom stereocenters. The molecule has 0 aliphatic rings. The lowest BCUT2D eigenvalue weighted by molar-refractivity contribution is 0.0215. The molecular weight excluding hydrogens is 222 g/mol. The van der Waals surface area contributed by atoms with Crippen molar-refractivity contribution in [3.63, 3.8) is 0 Å². The van der Waals surface area contributed by atoms with E-state index in [4.69, 9.17) is 10.4 Å². The lowest BCUT2D eigenvalue weighted by Crippen LogP contribution is -2.18. The average molecular weight is 235 g/mol. The lowest BCUT2D eigenvalue weighted by Gasteiger charge is -2.16. The first kappa shape index (κ1) is 13.2. The van der Waals surface area contributed by atoms with Crippen molar-refractivity contribution in [1.29, 1.82) is 5.26 Å². The van der Waals surface area contributed by atoms with Crippen LogP contribution in [0.4, 0.5) is 0 Å². The van der Waals surface area contributed by atoms with Crippen molar-refractivity contribution in [1.82, 2.24) is 0 Å². The largest absolute Gasteiger partial charge is 0.478 e. The van der Waals surface area contributed by atoms with Gasteiger partial charge in [-0.1, -0.05) is 12.1 Å². The molecule has 2 atom stereocenters. The summed E-state index contributed by atoms with van der Waals surface area (Å²) >= 11 is 0. The van der Waals surface area contributed by atoms with Crippen LogP contribution in [0.3, 0.4) is 0 Å². The normalized spacial score (nSPS) is 13.8. The number of rotatable bonds is 4. The molecule has 0 spiro atoms. The van der Waals surface area contributed by atoms with E-state index in [0.29, 0.717) is 5.56 Å². The second-order valence-electron chi connectivity index (χ2n) is 3.75. The van der Waals surface area contributed by atoms with Crippen molar-refractivity contribution < 1.29 is 20.1 Å². The quantitative estimate of drug-likeness (QED) is 0.722. The van der Waals surface area contributed by atoms with Crippen molar-refractivity contribution in [2.75, 3.05) is 0 Å². The number of hydrogen-bond acceptors (Lipinski definition) is 4. The Morgan fingerprint density at radius 1 is 1.47 bits per heavy atom. The van der Waals surface area contributed by atoms with Crippen LogP contribution in [0.5, 0.6) is 0 Å². The number of aliphatic hydroxyl groups excluding tert-OH is 2. The molecule has 0 radical (unpaired) electrons. The van der Waals surface area contributed by atoms with Gasteiger partial charge in [0.2, 0.25) is 0 Å². The summed E-state index contributed by atoms with van der Waals surface area (Å²) in [5.41, 5.74) is 0.935. The Balaban J connectivity index is 3.04. The number of benzene rings is 1. The number of nitriles is 1. The number of nitrogens with zero attached hydrogens (tertiary/aromatic N) is 1. The molecule has 0 aliphatic carbocycles. The van der Waals surface area contributed by atoms with Gasteiger partial charge >= 0.3 is 5.97 Å². The van der Waals surface area contributed by atoms with Crippen molar-refractivity contribution in [3.8, 4) is 6.07 Å². The molecular formula is C12H13NO4. The molecule has 1 aromatic rings. The van der Waals surface area contributed by atoms with Crippen LogP contribution < -0.4 is 0 Å². The van der Waals surface area contributed by atoms with E-state index in [1.807, 2.05) is 0 Å². The van der Waals surface area contributed by atoms with Gasteiger partial charge in [-0.25, -0.2) is 4.79 Å². The van der Waals surface area contributed by atoms with Crippen molar-refractivity contribution in [2.45, 2.75) is 25.6 Å². The van der Waals surface area contributed by atoms with Crippen LogP contribution in [0, 0.1) is 18.3 Å². The van der Waals surface area contributed by atoms with Crippen molar-refractivity contribution in [2.24, 2.45) is 0 Å². The number of hydrogen-bond donors (Lipinski definition) is 3. The Labute approximate surface area is 98.6 Å².